The number of sulfonamides is 1. The molecule has 0 spiro atoms. The van der Waals surface area contributed by atoms with Crippen LogP contribution in [0.1, 0.15) is 38.7 Å². The average Bonchev–Trinajstić information content (AvgIpc) is 2.87. The van der Waals surface area contributed by atoms with Crippen molar-refractivity contribution in [3.05, 3.63) is 29.8 Å². The van der Waals surface area contributed by atoms with E-state index >= 15 is 0 Å². The molecule has 1 heterocycles. The third kappa shape index (κ3) is 4.04. The maximum absolute atomic E-state index is 12.7. The minimum absolute atomic E-state index is 0.117. The lowest BCUT2D eigenvalue weighted by Crippen LogP contribution is -2.45. The van der Waals surface area contributed by atoms with Crippen molar-refractivity contribution < 1.29 is 23.1 Å². The monoisotopic (exact) mass is 381 g/mol. The Bertz CT molecular complexity index is 835. The van der Waals surface area contributed by atoms with Crippen LogP contribution in [0.2, 0.25) is 0 Å². The molecule has 2 unspecified atom stereocenters. The molecule has 2 atom stereocenters. The van der Waals surface area contributed by atoms with E-state index in [9.17, 15) is 18.0 Å². The molecule has 2 N–H and O–H groups in total. The fourth-order valence-electron chi connectivity index (χ4n) is 2.62. The number of hydrogen-bond acceptors (Lipinski definition) is 5. The zero-order valence-electron chi connectivity index (χ0n) is 15.0. The fourth-order valence-corrected chi connectivity index (χ4v) is 3.86. The molecule has 1 aliphatic rings. The minimum atomic E-state index is -3.70. The number of benzene rings is 1. The summed E-state index contributed by atoms with van der Waals surface area (Å²) in [4.78, 5) is 29.5. The molecular weight excluding hydrogens is 358 g/mol. The quantitative estimate of drug-likeness (QED) is 0.736. The second-order valence-corrected chi connectivity index (χ2v) is 7.85. The lowest BCUT2D eigenvalue weighted by molar-refractivity contribution is -0.148. The number of amides is 1. The summed E-state index contributed by atoms with van der Waals surface area (Å²) in [6.07, 6.45) is 1.94. The van der Waals surface area contributed by atoms with Gasteiger partial charge in [-0.05, 0) is 25.5 Å². The number of likely N-dealkylation sites (N-methyl/N-ethyl adjacent to an activating group) is 1. The Balaban J connectivity index is 2.38. The zero-order chi connectivity index (χ0) is 19.5. The number of carboxylic acids is 1. The predicted molar refractivity (Wildman–Crippen MR) is 96.5 cm³/mol. The van der Waals surface area contributed by atoms with Gasteiger partial charge < -0.3 is 10.0 Å². The molecule has 142 valence electrons. The van der Waals surface area contributed by atoms with Crippen LogP contribution in [0.25, 0.3) is 0 Å². The summed E-state index contributed by atoms with van der Waals surface area (Å²) >= 11 is 0. The van der Waals surface area contributed by atoms with Crippen LogP contribution in [0.3, 0.4) is 0 Å². The predicted octanol–water partition coefficient (Wildman–Crippen LogP) is 1.22. The summed E-state index contributed by atoms with van der Waals surface area (Å²) in [5, 5.41) is 9.12. The van der Waals surface area contributed by atoms with Gasteiger partial charge in [-0.2, -0.15) is 0 Å². The Hall–Kier alpha value is -2.42. The largest absolute Gasteiger partial charge is 0.480 e. The first-order chi connectivity index (χ1) is 12.2. The SMILES string of the molecule is CCCCC(N=C1NS(=O)(=O)c2ccccc21)C(=O)N(C)C(C)C(=O)O. The van der Waals surface area contributed by atoms with Gasteiger partial charge in [0.05, 0.1) is 4.90 Å². The molecule has 2 rings (SSSR count). The first-order valence-electron chi connectivity index (χ1n) is 8.38. The molecule has 0 fully saturated rings. The molecule has 1 aromatic carbocycles. The van der Waals surface area contributed by atoms with Gasteiger partial charge in [-0.25, -0.2) is 13.2 Å². The topological polar surface area (TPSA) is 116 Å². The van der Waals surface area contributed by atoms with E-state index in [0.29, 0.717) is 18.4 Å². The van der Waals surface area contributed by atoms with Gasteiger partial charge in [-0.15, -0.1) is 0 Å². The summed E-state index contributed by atoms with van der Waals surface area (Å²) in [6.45, 7) is 3.38. The Morgan fingerprint density at radius 2 is 1.96 bits per heavy atom. The highest BCUT2D eigenvalue weighted by molar-refractivity contribution is 7.90. The van der Waals surface area contributed by atoms with E-state index in [1.54, 1.807) is 18.2 Å². The number of fused-ring (bicyclic) bond motifs is 1. The summed E-state index contributed by atoms with van der Waals surface area (Å²) in [7, 11) is -2.29. The maximum atomic E-state index is 12.7. The van der Waals surface area contributed by atoms with Gasteiger partial charge in [-0.3, -0.25) is 14.5 Å². The highest BCUT2D eigenvalue weighted by Gasteiger charge is 2.33. The number of carbonyl (C=O) groups is 2. The number of amidine groups is 1. The number of nitrogens with zero attached hydrogens (tertiary/aromatic N) is 2. The summed E-state index contributed by atoms with van der Waals surface area (Å²) in [6, 6.07) is 4.55. The van der Waals surface area contributed by atoms with Crippen molar-refractivity contribution in [1.82, 2.24) is 9.62 Å². The number of rotatable bonds is 7. The summed E-state index contributed by atoms with van der Waals surface area (Å²) < 4.78 is 26.8. The number of unbranched alkanes of at least 4 members (excludes halogenated alkanes) is 1. The molecule has 1 aromatic rings. The third-order valence-electron chi connectivity index (χ3n) is 4.35. The standard InChI is InChI=1S/C17H23N3O5S/c1-4-5-9-13(16(21)20(3)11(2)17(22)23)18-15-12-8-6-7-10-14(12)26(24,25)19-15/h6-8,10-11,13H,4-5,9H2,1-3H3,(H,18,19)(H,22,23). The molecule has 1 aliphatic heterocycles. The van der Waals surface area contributed by atoms with Gasteiger partial charge in [-0.1, -0.05) is 31.9 Å². The molecule has 26 heavy (non-hydrogen) atoms. The molecule has 0 aromatic heterocycles. The third-order valence-corrected chi connectivity index (χ3v) is 5.75. The molecule has 9 heteroatoms. The van der Waals surface area contributed by atoms with Crippen molar-refractivity contribution in [1.29, 1.82) is 0 Å². The number of aliphatic carboxylic acids is 1. The van der Waals surface area contributed by atoms with Crippen molar-refractivity contribution in [2.24, 2.45) is 4.99 Å². The van der Waals surface area contributed by atoms with Crippen LogP contribution in [-0.2, 0) is 19.6 Å². The van der Waals surface area contributed by atoms with Crippen molar-refractivity contribution in [2.45, 2.75) is 50.1 Å². The van der Waals surface area contributed by atoms with Gasteiger partial charge in [0.2, 0.25) is 5.91 Å². The van der Waals surface area contributed by atoms with E-state index in [2.05, 4.69) is 9.71 Å². The van der Waals surface area contributed by atoms with Gasteiger partial charge in [0.1, 0.15) is 17.9 Å². The Kier molecular flexibility index (Phi) is 6.01. The molecule has 0 bridgehead atoms. The van der Waals surface area contributed by atoms with E-state index in [0.717, 1.165) is 11.3 Å². The normalized spacial score (nSPS) is 18.7. The second-order valence-electron chi connectivity index (χ2n) is 6.20. The Morgan fingerprint density at radius 1 is 1.31 bits per heavy atom. The lowest BCUT2D eigenvalue weighted by Gasteiger charge is -2.25. The van der Waals surface area contributed by atoms with E-state index in [-0.39, 0.29) is 10.7 Å². The van der Waals surface area contributed by atoms with Gasteiger partial charge in [0.25, 0.3) is 10.0 Å². The average molecular weight is 381 g/mol. The van der Waals surface area contributed by atoms with Crippen LogP contribution in [0.4, 0.5) is 0 Å². The molecule has 0 aliphatic carbocycles. The van der Waals surface area contributed by atoms with Crippen molar-refractivity contribution in [3.8, 4) is 0 Å². The molecule has 0 radical (unpaired) electrons. The van der Waals surface area contributed by atoms with Crippen LogP contribution in [-0.4, -0.2) is 55.3 Å². The van der Waals surface area contributed by atoms with Crippen LogP contribution in [0, 0.1) is 0 Å². The van der Waals surface area contributed by atoms with E-state index in [4.69, 9.17) is 5.11 Å². The molecule has 0 saturated heterocycles. The zero-order valence-corrected chi connectivity index (χ0v) is 15.8. The number of nitrogens with one attached hydrogen (secondary N) is 1. The van der Waals surface area contributed by atoms with E-state index < -0.39 is 34.0 Å². The van der Waals surface area contributed by atoms with Crippen LogP contribution in [0.5, 0.6) is 0 Å². The van der Waals surface area contributed by atoms with Crippen LogP contribution < -0.4 is 4.72 Å². The smallest absolute Gasteiger partial charge is 0.326 e. The maximum Gasteiger partial charge on any atom is 0.326 e. The molecule has 8 nitrogen and oxygen atoms in total. The van der Waals surface area contributed by atoms with Crippen molar-refractivity contribution in [3.63, 3.8) is 0 Å². The molecular formula is C17H23N3O5S. The lowest BCUT2D eigenvalue weighted by atomic mass is 10.1. The fraction of sp³-hybridized carbons (Fsp3) is 0.471. The van der Waals surface area contributed by atoms with E-state index in [1.165, 1.54) is 20.0 Å². The molecule has 0 saturated carbocycles. The Morgan fingerprint density at radius 3 is 2.58 bits per heavy atom. The summed E-state index contributed by atoms with van der Waals surface area (Å²) in [5.74, 6) is -1.45. The first kappa shape index (κ1) is 19.9. The van der Waals surface area contributed by atoms with Crippen LogP contribution >= 0.6 is 0 Å². The minimum Gasteiger partial charge on any atom is -0.480 e. The number of aliphatic imine (C=N–C) groups is 1. The number of hydrogen-bond donors (Lipinski definition) is 2. The van der Waals surface area contributed by atoms with Crippen molar-refractivity contribution >= 4 is 27.7 Å². The van der Waals surface area contributed by atoms with Gasteiger partial charge in [0.15, 0.2) is 0 Å². The van der Waals surface area contributed by atoms with Gasteiger partial charge >= 0.3 is 5.97 Å². The summed E-state index contributed by atoms with van der Waals surface area (Å²) in [5.41, 5.74) is 0.413. The number of carboxylic acid groups (broad SMARTS) is 1. The van der Waals surface area contributed by atoms with Crippen LogP contribution in [0.15, 0.2) is 34.2 Å². The van der Waals surface area contributed by atoms with Gasteiger partial charge in [0, 0.05) is 12.6 Å². The van der Waals surface area contributed by atoms with E-state index in [1.807, 2.05) is 6.92 Å². The highest BCUT2D eigenvalue weighted by Crippen LogP contribution is 2.23. The number of carbonyl (C=O) groups excluding carboxylic acids is 1. The highest BCUT2D eigenvalue weighted by atomic mass is 32.2. The molecule has 1 amide bonds. The van der Waals surface area contributed by atoms with Crippen molar-refractivity contribution in [2.75, 3.05) is 7.05 Å². The Labute approximate surface area is 153 Å². The second kappa shape index (κ2) is 7.86. The first-order valence-corrected chi connectivity index (χ1v) is 9.86.